The molecule has 10 heteroatoms. The second kappa shape index (κ2) is 11.7. The third-order valence-corrected chi connectivity index (χ3v) is 6.17. The minimum absolute atomic E-state index is 0.0208. The quantitative estimate of drug-likeness (QED) is 0.246. The largest absolute Gasteiger partial charge is 0.474 e. The van der Waals surface area contributed by atoms with Gasteiger partial charge >= 0.3 is 0 Å². The van der Waals surface area contributed by atoms with Gasteiger partial charge in [0.1, 0.15) is 11.0 Å². The number of fused-ring (bicyclic) bond motifs is 2. The zero-order valence-electron chi connectivity index (χ0n) is 25.5. The number of aromatic nitrogens is 6. The van der Waals surface area contributed by atoms with Gasteiger partial charge in [-0.05, 0) is 26.7 Å². The number of carbonyl (C=O) groups is 2. The molecular weight excluding hydrogens is 508 g/mol. The number of hydrogen-bond donors (Lipinski definition) is 2. The molecule has 0 amide bonds. The van der Waals surface area contributed by atoms with Crippen molar-refractivity contribution in [3.05, 3.63) is 35.9 Å². The lowest BCUT2D eigenvalue weighted by molar-refractivity contribution is 0.0854. The van der Waals surface area contributed by atoms with Gasteiger partial charge in [-0.3, -0.25) is 9.59 Å². The fraction of sp³-hybridized carbons (Fsp3) is 0.533. The minimum Gasteiger partial charge on any atom is -0.474 e. The van der Waals surface area contributed by atoms with Gasteiger partial charge < -0.3 is 19.4 Å². The smallest absolute Gasteiger partial charge is 0.233 e. The van der Waals surface area contributed by atoms with Gasteiger partial charge in [-0.25, -0.2) is 19.9 Å². The number of carbonyl (C=O) groups excluding carboxylic acids is 2. The highest BCUT2D eigenvalue weighted by Gasteiger charge is 2.27. The highest BCUT2D eigenvalue weighted by atomic mass is 16.5. The summed E-state index contributed by atoms with van der Waals surface area (Å²) in [5.41, 5.74) is 2.55. The van der Waals surface area contributed by atoms with Crippen molar-refractivity contribution in [3.8, 4) is 11.8 Å². The van der Waals surface area contributed by atoms with Crippen molar-refractivity contribution in [3.63, 3.8) is 0 Å². The molecule has 0 aliphatic carbocycles. The van der Waals surface area contributed by atoms with Crippen molar-refractivity contribution < 1.29 is 19.1 Å². The molecule has 1 unspecified atom stereocenters. The summed E-state index contributed by atoms with van der Waals surface area (Å²) < 4.78 is 11.3. The summed E-state index contributed by atoms with van der Waals surface area (Å²) in [7, 11) is 0. The maximum absolute atomic E-state index is 12.5. The number of H-pyrrole nitrogens is 2. The SMILES string of the molecule is CC(C)C(C)Oc1cnc2[nH]cc(C(=O)C(C)(C)C)c2n1.CC(C)Oc1cnc2[nH]cc(C(=O)C(C)(C)C)c2n1. The Labute approximate surface area is 235 Å². The second-order valence-electron chi connectivity index (χ2n) is 12.6. The average Bonchev–Trinajstić information content (AvgIpc) is 3.45. The molecule has 0 radical (unpaired) electrons. The van der Waals surface area contributed by atoms with Crippen LogP contribution in [0.2, 0.25) is 0 Å². The summed E-state index contributed by atoms with van der Waals surface area (Å²) >= 11 is 0. The molecule has 0 aromatic carbocycles. The van der Waals surface area contributed by atoms with E-state index in [-0.39, 0.29) is 23.8 Å². The van der Waals surface area contributed by atoms with Crippen LogP contribution in [-0.4, -0.2) is 53.7 Å². The topological polar surface area (TPSA) is 136 Å². The van der Waals surface area contributed by atoms with Crippen LogP contribution < -0.4 is 9.47 Å². The highest BCUT2D eigenvalue weighted by Crippen LogP contribution is 2.27. The van der Waals surface area contributed by atoms with E-state index in [1.54, 1.807) is 24.8 Å². The summed E-state index contributed by atoms with van der Waals surface area (Å²) in [5, 5.41) is 0. The van der Waals surface area contributed by atoms with E-state index < -0.39 is 10.8 Å². The molecule has 0 saturated heterocycles. The Morgan fingerprint density at radius 3 is 1.45 bits per heavy atom. The van der Waals surface area contributed by atoms with Crippen LogP contribution in [0.3, 0.4) is 0 Å². The number of ether oxygens (including phenoxy) is 2. The molecule has 40 heavy (non-hydrogen) atoms. The Morgan fingerprint density at radius 1 is 0.700 bits per heavy atom. The Kier molecular flexibility index (Phi) is 9.01. The van der Waals surface area contributed by atoms with E-state index in [9.17, 15) is 9.59 Å². The van der Waals surface area contributed by atoms with E-state index >= 15 is 0 Å². The van der Waals surface area contributed by atoms with E-state index in [2.05, 4.69) is 43.8 Å². The summed E-state index contributed by atoms with van der Waals surface area (Å²) in [4.78, 5) is 48.1. The molecule has 0 spiro atoms. The van der Waals surface area contributed by atoms with Crippen LogP contribution in [0.15, 0.2) is 24.8 Å². The zero-order chi connectivity index (χ0) is 30.0. The van der Waals surface area contributed by atoms with E-state index in [0.717, 1.165) is 0 Å². The van der Waals surface area contributed by atoms with Gasteiger partial charge in [-0.2, -0.15) is 0 Å². The first-order valence-electron chi connectivity index (χ1n) is 13.6. The predicted molar refractivity (Wildman–Crippen MR) is 156 cm³/mol. The fourth-order valence-corrected chi connectivity index (χ4v) is 3.59. The minimum atomic E-state index is -0.459. The molecule has 216 valence electrons. The molecule has 1 atom stereocenters. The van der Waals surface area contributed by atoms with Crippen molar-refractivity contribution >= 4 is 33.9 Å². The Balaban J connectivity index is 0.000000222. The molecule has 4 heterocycles. The number of nitrogens with zero attached hydrogens (tertiary/aromatic N) is 4. The Bertz CT molecular complexity index is 1490. The molecule has 0 aliphatic rings. The predicted octanol–water partition coefficient (Wildman–Crippen LogP) is 6.58. The first-order valence-corrected chi connectivity index (χ1v) is 13.6. The van der Waals surface area contributed by atoms with Crippen LogP contribution >= 0.6 is 0 Å². The van der Waals surface area contributed by atoms with Gasteiger partial charge in [0.05, 0.1) is 35.7 Å². The second-order valence-corrected chi connectivity index (χ2v) is 12.6. The number of hydrogen-bond acceptors (Lipinski definition) is 8. The van der Waals surface area contributed by atoms with Gasteiger partial charge in [0.2, 0.25) is 11.8 Å². The van der Waals surface area contributed by atoms with Crippen molar-refractivity contribution in [2.45, 2.75) is 88.4 Å². The molecular formula is C30H42N6O4. The van der Waals surface area contributed by atoms with E-state index in [4.69, 9.17) is 9.47 Å². The van der Waals surface area contributed by atoms with Crippen molar-refractivity contribution in [2.24, 2.45) is 16.7 Å². The van der Waals surface area contributed by atoms with Gasteiger partial charge in [0, 0.05) is 23.2 Å². The zero-order valence-corrected chi connectivity index (χ0v) is 25.5. The maximum atomic E-state index is 12.5. The molecule has 0 aliphatic heterocycles. The van der Waals surface area contributed by atoms with E-state index in [1.807, 2.05) is 62.3 Å². The maximum Gasteiger partial charge on any atom is 0.233 e. The molecule has 0 bridgehead atoms. The van der Waals surface area contributed by atoms with Gasteiger partial charge in [0.15, 0.2) is 22.9 Å². The Morgan fingerprint density at radius 2 is 1.10 bits per heavy atom. The third-order valence-electron chi connectivity index (χ3n) is 6.17. The van der Waals surface area contributed by atoms with Crippen LogP contribution in [0, 0.1) is 16.7 Å². The lowest BCUT2D eigenvalue weighted by atomic mass is 9.87. The molecule has 2 N–H and O–H groups in total. The van der Waals surface area contributed by atoms with Gasteiger partial charge in [-0.15, -0.1) is 0 Å². The average molecular weight is 551 g/mol. The molecule has 4 aromatic rings. The number of Topliss-reactive ketones (excluding diaryl/α,β-unsaturated/α-hetero) is 2. The monoisotopic (exact) mass is 550 g/mol. The van der Waals surface area contributed by atoms with Crippen LogP contribution in [-0.2, 0) is 0 Å². The lowest BCUT2D eigenvalue weighted by Crippen LogP contribution is -2.20. The number of rotatable bonds is 7. The normalized spacial score (nSPS) is 12.9. The van der Waals surface area contributed by atoms with E-state index in [1.165, 1.54) is 0 Å². The van der Waals surface area contributed by atoms with Crippen LogP contribution in [0.5, 0.6) is 11.8 Å². The van der Waals surface area contributed by atoms with Crippen LogP contribution in [0.4, 0.5) is 0 Å². The summed E-state index contributed by atoms with van der Waals surface area (Å²) in [6.45, 7) is 21.3. The first-order chi connectivity index (χ1) is 18.5. The van der Waals surface area contributed by atoms with E-state index in [0.29, 0.717) is 51.1 Å². The number of nitrogens with one attached hydrogen (secondary N) is 2. The fourth-order valence-electron chi connectivity index (χ4n) is 3.59. The van der Waals surface area contributed by atoms with Crippen molar-refractivity contribution in [1.82, 2.24) is 29.9 Å². The van der Waals surface area contributed by atoms with Crippen molar-refractivity contribution in [2.75, 3.05) is 0 Å². The summed E-state index contributed by atoms with van der Waals surface area (Å²) in [5.74, 6) is 1.34. The number of ketones is 2. The van der Waals surface area contributed by atoms with Crippen LogP contribution in [0.1, 0.15) is 96.9 Å². The molecule has 10 nitrogen and oxygen atoms in total. The lowest BCUT2D eigenvalue weighted by Gasteiger charge is -2.17. The summed E-state index contributed by atoms with van der Waals surface area (Å²) in [6, 6.07) is 0. The summed E-state index contributed by atoms with van der Waals surface area (Å²) in [6.07, 6.45) is 6.54. The standard InChI is InChI=1S/C16H23N3O2.C14H19N3O2/c1-9(2)10(3)21-12-8-18-15-13(19-12)11(7-17-15)14(20)16(4,5)6;1-8(2)19-10-7-16-13-11(17-10)9(6-15-13)12(18)14(3,4)5/h7-10H,1-6H3,(H,17,18);6-8H,1-5H3,(H,15,16). The van der Waals surface area contributed by atoms with Gasteiger partial charge in [-0.1, -0.05) is 55.4 Å². The highest BCUT2D eigenvalue weighted by molar-refractivity contribution is 6.09. The van der Waals surface area contributed by atoms with Crippen molar-refractivity contribution in [1.29, 1.82) is 0 Å². The van der Waals surface area contributed by atoms with Crippen LogP contribution in [0.25, 0.3) is 22.3 Å². The number of aromatic amines is 2. The Hall–Kier alpha value is -3.82. The first kappa shape index (κ1) is 30.7. The molecule has 0 saturated carbocycles. The molecule has 0 fully saturated rings. The molecule has 4 aromatic heterocycles. The third kappa shape index (κ3) is 7.22. The molecule has 4 rings (SSSR count). The van der Waals surface area contributed by atoms with Gasteiger partial charge in [0.25, 0.3) is 0 Å².